The van der Waals surface area contributed by atoms with Gasteiger partial charge in [0.05, 0.1) is 0 Å². The maximum atomic E-state index is 13.4. The van der Waals surface area contributed by atoms with E-state index in [0.29, 0.717) is 6.04 Å². The van der Waals surface area contributed by atoms with Crippen LogP contribution in [0, 0.1) is 11.7 Å². The van der Waals surface area contributed by atoms with Gasteiger partial charge in [-0.15, -0.1) is 0 Å². The Morgan fingerprint density at radius 3 is 2.86 bits per heavy atom. The number of benzene rings is 1. The first kappa shape index (κ1) is 16.3. The van der Waals surface area contributed by atoms with Crippen LogP contribution in [0.25, 0.3) is 0 Å². The van der Waals surface area contributed by atoms with E-state index in [1.54, 1.807) is 12.1 Å². The summed E-state index contributed by atoms with van der Waals surface area (Å²) in [6.45, 7) is 7.45. The average molecular weight is 292 g/mol. The predicted molar refractivity (Wildman–Crippen MR) is 88.3 cm³/mol. The Morgan fingerprint density at radius 1 is 1.29 bits per heavy atom. The molecule has 1 saturated carbocycles. The second-order valence-corrected chi connectivity index (χ2v) is 6.10. The van der Waals surface area contributed by atoms with E-state index in [2.05, 4.69) is 24.1 Å². The van der Waals surface area contributed by atoms with Crippen LogP contribution in [0.1, 0.15) is 46.0 Å². The molecule has 2 rings (SSSR count). The summed E-state index contributed by atoms with van der Waals surface area (Å²) in [4.78, 5) is 2.29. The van der Waals surface area contributed by atoms with E-state index in [4.69, 9.17) is 0 Å². The van der Waals surface area contributed by atoms with Crippen LogP contribution < -0.4 is 10.2 Å². The van der Waals surface area contributed by atoms with Gasteiger partial charge < -0.3 is 10.2 Å². The summed E-state index contributed by atoms with van der Waals surface area (Å²) < 4.78 is 13.4. The summed E-state index contributed by atoms with van der Waals surface area (Å²) in [6.07, 6.45) is 6.40. The van der Waals surface area contributed by atoms with Gasteiger partial charge in [-0.3, -0.25) is 0 Å². The molecule has 0 saturated heterocycles. The van der Waals surface area contributed by atoms with Gasteiger partial charge in [-0.05, 0) is 63.3 Å². The fourth-order valence-electron chi connectivity index (χ4n) is 3.45. The van der Waals surface area contributed by atoms with E-state index in [9.17, 15) is 4.39 Å². The number of nitrogens with one attached hydrogen (secondary N) is 1. The van der Waals surface area contributed by atoms with Crippen LogP contribution in [0.3, 0.4) is 0 Å². The molecule has 0 heterocycles. The van der Waals surface area contributed by atoms with Crippen LogP contribution in [0.5, 0.6) is 0 Å². The van der Waals surface area contributed by atoms with Crippen LogP contribution >= 0.6 is 0 Å². The quantitative estimate of drug-likeness (QED) is 0.772. The van der Waals surface area contributed by atoms with Crippen molar-refractivity contribution < 1.29 is 4.39 Å². The second kappa shape index (κ2) is 8.38. The largest absolute Gasteiger partial charge is 0.372 e. The molecular weight excluding hydrogens is 263 g/mol. The van der Waals surface area contributed by atoms with Crippen molar-refractivity contribution >= 4 is 5.69 Å². The van der Waals surface area contributed by atoms with Gasteiger partial charge in [-0.2, -0.15) is 0 Å². The molecule has 3 heteroatoms. The Hall–Kier alpha value is -1.09. The van der Waals surface area contributed by atoms with E-state index < -0.39 is 0 Å². The number of hydrogen-bond acceptors (Lipinski definition) is 2. The Bertz CT molecular complexity index is 421. The number of hydrogen-bond donors (Lipinski definition) is 1. The maximum absolute atomic E-state index is 13.4. The van der Waals surface area contributed by atoms with Crippen molar-refractivity contribution in [2.24, 2.45) is 5.92 Å². The Labute approximate surface area is 128 Å². The van der Waals surface area contributed by atoms with E-state index >= 15 is 0 Å². The molecule has 2 unspecified atom stereocenters. The van der Waals surface area contributed by atoms with Gasteiger partial charge in [0.2, 0.25) is 0 Å². The molecular formula is C18H29FN2. The molecule has 1 aromatic rings. The summed E-state index contributed by atoms with van der Waals surface area (Å²) >= 11 is 0. The Morgan fingerprint density at radius 2 is 2.14 bits per heavy atom. The predicted octanol–water partition coefficient (Wildman–Crippen LogP) is 4.21. The van der Waals surface area contributed by atoms with E-state index in [-0.39, 0.29) is 5.82 Å². The number of halogens is 1. The molecule has 0 aliphatic heterocycles. The molecule has 2 nitrogen and oxygen atoms in total. The highest BCUT2D eigenvalue weighted by molar-refractivity contribution is 5.46. The van der Waals surface area contributed by atoms with Crippen LogP contribution in [0.2, 0.25) is 0 Å². The normalized spacial score (nSPS) is 21.7. The molecule has 118 valence electrons. The highest BCUT2D eigenvalue weighted by atomic mass is 19.1. The highest BCUT2D eigenvalue weighted by Crippen LogP contribution is 2.29. The smallest absolute Gasteiger partial charge is 0.125 e. The molecule has 0 amide bonds. The summed E-state index contributed by atoms with van der Waals surface area (Å²) in [5.74, 6) is 0.633. The topological polar surface area (TPSA) is 15.3 Å². The lowest BCUT2D eigenvalue weighted by molar-refractivity contribution is 0.380. The van der Waals surface area contributed by atoms with E-state index in [1.807, 2.05) is 6.07 Å². The minimum Gasteiger partial charge on any atom is -0.372 e. The van der Waals surface area contributed by atoms with Gasteiger partial charge in [0.1, 0.15) is 5.82 Å². The minimum atomic E-state index is -0.144. The SMILES string of the molecule is CCCNC1CCCC1CCN(CC)c1cccc(F)c1. The fraction of sp³-hybridized carbons (Fsp3) is 0.667. The van der Waals surface area contributed by atoms with Gasteiger partial charge in [-0.25, -0.2) is 4.39 Å². The van der Waals surface area contributed by atoms with Crippen molar-refractivity contribution in [2.45, 2.75) is 52.0 Å². The molecule has 1 N–H and O–H groups in total. The number of anilines is 1. The second-order valence-electron chi connectivity index (χ2n) is 6.10. The first-order chi connectivity index (χ1) is 10.2. The lowest BCUT2D eigenvalue weighted by Crippen LogP contribution is -2.35. The third-order valence-electron chi connectivity index (χ3n) is 4.64. The maximum Gasteiger partial charge on any atom is 0.125 e. The zero-order valence-corrected chi connectivity index (χ0v) is 13.4. The zero-order valence-electron chi connectivity index (χ0n) is 13.4. The number of rotatable bonds is 8. The molecule has 2 atom stereocenters. The first-order valence-corrected chi connectivity index (χ1v) is 8.48. The minimum absolute atomic E-state index is 0.144. The average Bonchev–Trinajstić information content (AvgIpc) is 2.93. The van der Waals surface area contributed by atoms with Gasteiger partial charge in [-0.1, -0.05) is 19.4 Å². The van der Waals surface area contributed by atoms with E-state index in [1.165, 1.54) is 38.2 Å². The molecule has 21 heavy (non-hydrogen) atoms. The van der Waals surface area contributed by atoms with Gasteiger partial charge in [0.15, 0.2) is 0 Å². The van der Waals surface area contributed by atoms with Crippen molar-refractivity contribution in [3.63, 3.8) is 0 Å². The van der Waals surface area contributed by atoms with Crippen molar-refractivity contribution in [1.29, 1.82) is 0 Å². The van der Waals surface area contributed by atoms with Crippen LogP contribution in [-0.4, -0.2) is 25.7 Å². The van der Waals surface area contributed by atoms with Crippen LogP contribution in [0.4, 0.5) is 10.1 Å². The molecule has 0 bridgehead atoms. The van der Waals surface area contributed by atoms with Crippen molar-refractivity contribution in [1.82, 2.24) is 5.32 Å². The zero-order chi connectivity index (χ0) is 15.1. The highest BCUT2D eigenvalue weighted by Gasteiger charge is 2.26. The number of nitrogens with zero attached hydrogens (tertiary/aromatic N) is 1. The molecule has 1 aliphatic rings. The molecule has 1 fully saturated rings. The summed E-state index contributed by atoms with van der Waals surface area (Å²) in [5, 5.41) is 3.69. The molecule has 1 aliphatic carbocycles. The van der Waals surface area contributed by atoms with Gasteiger partial charge >= 0.3 is 0 Å². The monoisotopic (exact) mass is 292 g/mol. The van der Waals surface area contributed by atoms with E-state index in [0.717, 1.165) is 31.2 Å². The standard InChI is InChI=1S/C18H29FN2/c1-3-12-20-18-10-5-7-15(18)11-13-21(4-2)17-9-6-8-16(19)14-17/h6,8-9,14-15,18,20H,3-5,7,10-13H2,1-2H3. The summed E-state index contributed by atoms with van der Waals surface area (Å²) in [5.41, 5.74) is 1.01. The van der Waals surface area contributed by atoms with Crippen molar-refractivity contribution in [3.8, 4) is 0 Å². The van der Waals surface area contributed by atoms with Gasteiger partial charge in [0, 0.05) is 24.8 Å². The van der Waals surface area contributed by atoms with Crippen molar-refractivity contribution in [3.05, 3.63) is 30.1 Å². The fourth-order valence-corrected chi connectivity index (χ4v) is 3.45. The molecule has 0 radical (unpaired) electrons. The van der Waals surface area contributed by atoms with Gasteiger partial charge in [0.25, 0.3) is 0 Å². The molecule has 1 aromatic carbocycles. The molecule has 0 aromatic heterocycles. The van der Waals surface area contributed by atoms with Crippen molar-refractivity contribution in [2.75, 3.05) is 24.5 Å². The summed E-state index contributed by atoms with van der Waals surface area (Å²) in [6, 6.07) is 7.66. The Kier molecular flexibility index (Phi) is 6.50. The third kappa shape index (κ3) is 4.70. The Balaban J connectivity index is 1.87. The van der Waals surface area contributed by atoms with Crippen LogP contribution in [0.15, 0.2) is 24.3 Å². The molecule has 0 spiro atoms. The first-order valence-electron chi connectivity index (χ1n) is 8.48. The van der Waals surface area contributed by atoms with Crippen LogP contribution in [-0.2, 0) is 0 Å². The lowest BCUT2D eigenvalue weighted by Gasteiger charge is -2.27. The summed E-state index contributed by atoms with van der Waals surface area (Å²) in [7, 11) is 0. The lowest BCUT2D eigenvalue weighted by atomic mass is 9.99. The third-order valence-corrected chi connectivity index (χ3v) is 4.64.